The number of hydrogen-bond acceptors (Lipinski definition) is 3. The second kappa shape index (κ2) is 9.17. The molecule has 0 fully saturated rings. The van der Waals surface area contributed by atoms with Gasteiger partial charge >= 0.3 is 0 Å². The summed E-state index contributed by atoms with van der Waals surface area (Å²) in [5, 5.41) is 8.60. The Morgan fingerprint density at radius 3 is 2.09 bits per heavy atom. The monoisotopic (exact) mass is 158 g/mol. The highest BCUT2D eigenvalue weighted by molar-refractivity contribution is 6.00. The van der Waals surface area contributed by atoms with Crippen LogP contribution in [-0.2, 0) is 0 Å². The summed E-state index contributed by atoms with van der Waals surface area (Å²) >= 11 is 0. The third-order valence-electron chi connectivity index (χ3n) is 1.12. The third kappa shape index (κ3) is 5.61. The van der Waals surface area contributed by atoms with Crippen molar-refractivity contribution in [1.29, 1.82) is 0 Å². The Hall–Kier alpha value is -0.830. The number of nitrogens with zero attached hydrogens (tertiary/aromatic N) is 1. The zero-order valence-corrected chi connectivity index (χ0v) is 7.76. The molecule has 0 heterocycles. The molecule has 0 radical (unpaired) electrons. The van der Waals surface area contributed by atoms with Crippen molar-refractivity contribution in [3.8, 4) is 0 Å². The number of nitrogens with two attached hydrogens (primary N) is 1. The van der Waals surface area contributed by atoms with Crippen LogP contribution in [0.3, 0.4) is 0 Å². The molecule has 0 spiro atoms. The maximum absolute atomic E-state index is 8.60. The Morgan fingerprint density at radius 1 is 1.55 bits per heavy atom. The van der Waals surface area contributed by atoms with Gasteiger partial charge in [0.05, 0.1) is 12.3 Å². The molecule has 3 nitrogen and oxygen atoms in total. The lowest BCUT2D eigenvalue weighted by Crippen LogP contribution is -2.07. The highest BCUT2D eigenvalue weighted by Crippen LogP contribution is 1.92. The SMILES string of the molecule is CC.CN=C(CO)/C(C)=C\N. The summed E-state index contributed by atoms with van der Waals surface area (Å²) in [4.78, 5) is 3.80. The Kier molecular flexibility index (Phi) is 10.7. The normalized spacial score (nSPS) is 12.1. The highest BCUT2D eigenvalue weighted by Gasteiger charge is 1.95. The van der Waals surface area contributed by atoms with E-state index in [0.717, 1.165) is 5.57 Å². The maximum Gasteiger partial charge on any atom is 0.0851 e. The van der Waals surface area contributed by atoms with Crippen LogP contribution in [0.1, 0.15) is 20.8 Å². The van der Waals surface area contributed by atoms with E-state index >= 15 is 0 Å². The summed E-state index contributed by atoms with van der Waals surface area (Å²) in [6, 6.07) is 0. The second-order valence-corrected chi connectivity index (χ2v) is 1.68. The number of hydrogen-bond donors (Lipinski definition) is 2. The maximum atomic E-state index is 8.60. The molecule has 3 N–H and O–H groups in total. The fourth-order valence-corrected chi connectivity index (χ4v) is 0.468. The Labute approximate surface area is 68.6 Å². The Bertz CT molecular complexity index is 139. The molecule has 0 bridgehead atoms. The number of aliphatic hydroxyl groups excluding tert-OH is 1. The largest absolute Gasteiger partial charge is 0.404 e. The molecule has 11 heavy (non-hydrogen) atoms. The number of aliphatic hydroxyl groups is 1. The van der Waals surface area contributed by atoms with Crippen molar-refractivity contribution < 1.29 is 5.11 Å². The van der Waals surface area contributed by atoms with Crippen LogP contribution in [0.15, 0.2) is 16.8 Å². The summed E-state index contributed by atoms with van der Waals surface area (Å²) in [5.41, 5.74) is 6.63. The lowest BCUT2D eigenvalue weighted by molar-refractivity contribution is 0.357. The minimum atomic E-state index is -0.0456. The minimum Gasteiger partial charge on any atom is -0.404 e. The zero-order valence-electron chi connectivity index (χ0n) is 7.76. The van der Waals surface area contributed by atoms with Crippen molar-refractivity contribution in [3.63, 3.8) is 0 Å². The predicted molar refractivity (Wildman–Crippen MR) is 49.7 cm³/mol. The molecule has 0 aliphatic rings. The van der Waals surface area contributed by atoms with Gasteiger partial charge in [0.25, 0.3) is 0 Å². The van der Waals surface area contributed by atoms with Gasteiger partial charge in [0, 0.05) is 7.05 Å². The first-order valence-corrected chi connectivity index (χ1v) is 3.71. The Balaban J connectivity index is 0. The second-order valence-electron chi connectivity index (χ2n) is 1.68. The van der Waals surface area contributed by atoms with Crippen LogP contribution in [0.4, 0.5) is 0 Å². The molecule has 0 amide bonds. The smallest absolute Gasteiger partial charge is 0.0851 e. The van der Waals surface area contributed by atoms with Gasteiger partial charge in [-0.3, -0.25) is 4.99 Å². The molecule has 0 rings (SSSR count). The van der Waals surface area contributed by atoms with E-state index in [2.05, 4.69) is 4.99 Å². The molecule has 66 valence electrons. The first-order chi connectivity index (χ1) is 5.26. The quantitative estimate of drug-likeness (QED) is 0.587. The molecule has 0 saturated heterocycles. The average molecular weight is 158 g/mol. The van der Waals surface area contributed by atoms with Crippen molar-refractivity contribution in [2.24, 2.45) is 10.7 Å². The highest BCUT2D eigenvalue weighted by atomic mass is 16.3. The van der Waals surface area contributed by atoms with Crippen LogP contribution in [-0.4, -0.2) is 24.5 Å². The van der Waals surface area contributed by atoms with E-state index in [-0.39, 0.29) is 6.61 Å². The lowest BCUT2D eigenvalue weighted by atomic mass is 10.2. The van der Waals surface area contributed by atoms with Gasteiger partial charge in [-0.25, -0.2) is 0 Å². The van der Waals surface area contributed by atoms with Gasteiger partial charge in [-0.1, -0.05) is 13.8 Å². The van der Waals surface area contributed by atoms with E-state index in [4.69, 9.17) is 10.8 Å². The van der Waals surface area contributed by atoms with E-state index in [1.165, 1.54) is 6.20 Å². The molecule has 0 aromatic rings. The molecule has 3 heteroatoms. The Morgan fingerprint density at radius 2 is 2.00 bits per heavy atom. The van der Waals surface area contributed by atoms with E-state index < -0.39 is 0 Å². The molecular formula is C8H18N2O. The van der Waals surface area contributed by atoms with Crippen molar-refractivity contribution in [2.45, 2.75) is 20.8 Å². The van der Waals surface area contributed by atoms with Crippen molar-refractivity contribution in [3.05, 3.63) is 11.8 Å². The fourth-order valence-electron chi connectivity index (χ4n) is 0.468. The van der Waals surface area contributed by atoms with Gasteiger partial charge < -0.3 is 10.8 Å². The molecule has 0 aromatic carbocycles. The van der Waals surface area contributed by atoms with Crippen molar-refractivity contribution >= 4 is 5.71 Å². The lowest BCUT2D eigenvalue weighted by Gasteiger charge is -1.98. The molecule has 0 unspecified atom stereocenters. The molecule has 0 saturated carbocycles. The van der Waals surface area contributed by atoms with E-state index in [9.17, 15) is 0 Å². The summed E-state index contributed by atoms with van der Waals surface area (Å²) in [6.45, 7) is 5.76. The minimum absolute atomic E-state index is 0.0456. The molecular weight excluding hydrogens is 140 g/mol. The van der Waals surface area contributed by atoms with E-state index in [0.29, 0.717) is 5.71 Å². The zero-order chi connectivity index (χ0) is 9.28. The predicted octanol–water partition coefficient (Wildman–Crippen LogP) is 0.938. The van der Waals surface area contributed by atoms with Crippen LogP contribution in [0.2, 0.25) is 0 Å². The van der Waals surface area contributed by atoms with Crippen LogP contribution >= 0.6 is 0 Å². The van der Waals surface area contributed by atoms with Gasteiger partial charge in [0.15, 0.2) is 0 Å². The molecule has 0 aliphatic heterocycles. The van der Waals surface area contributed by atoms with E-state index in [1.807, 2.05) is 13.8 Å². The summed E-state index contributed by atoms with van der Waals surface area (Å²) in [5.74, 6) is 0. The van der Waals surface area contributed by atoms with Crippen LogP contribution < -0.4 is 5.73 Å². The topological polar surface area (TPSA) is 58.6 Å². The first kappa shape index (κ1) is 12.8. The van der Waals surface area contributed by atoms with Crippen LogP contribution in [0, 0.1) is 0 Å². The fraction of sp³-hybridized carbons (Fsp3) is 0.625. The number of aliphatic imine (C=N–C) groups is 1. The summed E-state index contributed by atoms with van der Waals surface area (Å²) in [7, 11) is 1.62. The van der Waals surface area contributed by atoms with Crippen LogP contribution in [0.25, 0.3) is 0 Å². The molecule has 0 aliphatic carbocycles. The summed E-state index contributed by atoms with van der Waals surface area (Å²) < 4.78 is 0. The van der Waals surface area contributed by atoms with Gasteiger partial charge in [-0.05, 0) is 18.7 Å². The van der Waals surface area contributed by atoms with Gasteiger partial charge in [0.2, 0.25) is 0 Å². The summed E-state index contributed by atoms with van der Waals surface area (Å²) in [6.07, 6.45) is 1.43. The average Bonchev–Trinajstić information content (AvgIpc) is 2.10. The van der Waals surface area contributed by atoms with E-state index in [1.54, 1.807) is 14.0 Å². The van der Waals surface area contributed by atoms with Crippen molar-refractivity contribution in [2.75, 3.05) is 13.7 Å². The number of rotatable bonds is 2. The van der Waals surface area contributed by atoms with Crippen molar-refractivity contribution in [1.82, 2.24) is 0 Å². The molecule has 0 atom stereocenters. The molecule has 0 aromatic heterocycles. The first-order valence-electron chi connectivity index (χ1n) is 3.71. The van der Waals surface area contributed by atoms with Crippen LogP contribution in [0.5, 0.6) is 0 Å². The van der Waals surface area contributed by atoms with Gasteiger partial charge in [-0.15, -0.1) is 0 Å². The standard InChI is InChI=1S/C6H12N2O.C2H6/c1-5(3-7)6(4-9)8-2;1-2/h3,9H,4,7H2,1-2H3;1-2H3/b5-3-,8-6?;. The van der Waals surface area contributed by atoms with Gasteiger partial charge in [0.1, 0.15) is 0 Å². The van der Waals surface area contributed by atoms with Gasteiger partial charge in [-0.2, -0.15) is 0 Å². The third-order valence-corrected chi connectivity index (χ3v) is 1.12.